The van der Waals surface area contributed by atoms with Crippen LogP contribution in [0.15, 0.2) is 0 Å². The molecule has 10 nitrogen and oxygen atoms in total. The number of likely N-dealkylation sites (N-methyl/N-ethyl adjacent to an activating group) is 1. The number of esters is 1. The first-order valence-electron chi connectivity index (χ1n) is 11.3. The summed E-state index contributed by atoms with van der Waals surface area (Å²) in [7, 11) is 1.35. The quantitative estimate of drug-likeness (QED) is 0.424. The highest BCUT2D eigenvalue weighted by Crippen LogP contribution is 2.24. The summed E-state index contributed by atoms with van der Waals surface area (Å²) in [6.07, 6.45) is -0.989. The van der Waals surface area contributed by atoms with Gasteiger partial charge in [0, 0.05) is 19.0 Å². The fourth-order valence-corrected chi connectivity index (χ4v) is 2.87. The second-order valence-electron chi connectivity index (χ2n) is 12.0. The lowest BCUT2D eigenvalue weighted by molar-refractivity contribution is -0.164. The molecule has 10 heteroatoms. The number of aliphatic carboxylic acids is 1. The third kappa shape index (κ3) is 12.8. The van der Waals surface area contributed by atoms with Crippen molar-refractivity contribution in [1.82, 2.24) is 10.2 Å². The zero-order valence-electron chi connectivity index (χ0n) is 22.7. The minimum atomic E-state index is -1.36. The summed E-state index contributed by atoms with van der Waals surface area (Å²) in [5.41, 5.74) is -2.85. The van der Waals surface area contributed by atoms with Gasteiger partial charge in [0.05, 0.1) is 25.0 Å². The lowest BCUT2D eigenvalue weighted by atomic mass is 9.91. The maximum Gasteiger partial charge on any atom is 0.407 e. The molecule has 1 atom stereocenters. The molecule has 0 spiro atoms. The van der Waals surface area contributed by atoms with Crippen LogP contribution in [0.1, 0.15) is 75.7 Å². The van der Waals surface area contributed by atoms with Crippen LogP contribution in [0.4, 0.5) is 4.79 Å². The van der Waals surface area contributed by atoms with E-state index in [2.05, 4.69) is 5.32 Å². The van der Waals surface area contributed by atoms with E-state index in [9.17, 15) is 24.3 Å². The molecule has 0 aromatic rings. The molecule has 2 amide bonds. The van der Waals surface area contributed by atoms with Gasteiger partial charge in [0.2, 0.25) is 5.91 Å². The number of carbonyl (C=O) groups is 4. The van der Waals surface area contributed by atoms with E-state index >= 15 is 0 Å². The van der Waals surface area contributed by atoms with Gasteiger partial charge in [0.15, 0.2) is 0 Å². The molecule has 2 N–H and O–H groups in total. The van der Waals surface area contributed by atoms with E-state index in [1.165, 1.54) is 7.05 Å². The molecule has 0 rings (SSSR count). The van der Waals surface area contributed by atoms with E-state index in [1.807, 2.05) is 13.8 Å². The van der Waals surface area contributed by atoms with Gasteiger partial charge in [-0.05, 0) is 55.4 Å². The predicted octanol–water partition coefficient (Wildman–Crippen LogP) is 3.22. The molecule has 0 fully saturated rings. The molecule has 0 aliphatic heterocycles. The summed E-state index contributed by atoms with van der Waals surface area (Å²) in [6, 6.07) is -1.36. The second kappa shape index (κ2) is 11.9. The highest BCUT2D eigenvalue weighted by molar-refractivity contribution is 5.89. The van der Waals surface area contributed by atoms with Crippen LogP contribution in [0.5, 0.6) is 0 Å². The van der Waals surface area contributed by atoms with Crippen LogP contribution in [0.25, 0.3) is 0 Å². The Hall–Kier alpha value is -2.36. The van der Waals surface area contributed by atoms with Gasteiger partial charge in [-0.3, -0.25) is 9.59 Å². The second-order valence-corrected chi connectivity index (χ2v) is 12.0. The van der Waals surface area contributed by atoms with Crippen LogP contribution in [-0.2, 0) is 28.6 Å². The standard InChI is InChI=1S/C24H44N2O8/c1-21(2,3)33-17(27)12-16(18(28)29)26(11)19(30)24(9,10)15-32-14-23(7,8)13-25-20(31)34-22(4,5)6/h16H,12-15H2,1-11H3,(H,25,31)(H,28,29)/t16-/m0/s1. The first-order valence-corrected chi connectivity index (χ1v) is 11.3. The third-order valence-electron chi connectivity index (χ3n) is 4.50. The van der Waals surface area contributed by atoms with Crippen LogP contribution in [-0.4, -0.2) is 78.0 Å². The number of amides is 2. The fraction of sp³-hybridized carbons (Fsp3) is 0.833. The van der Waals surface area contributed by atoms with Crippen molar-refractivity contribution in [1.29, 1.82) is 0 Å². The SMILES string of the molecule is CN(C(=O)C(C)(C)COCC(C)(C)CNC(=O)OC(C)(C)C)[C@@H](CC(=O)OC(C)(C)C)C(=O)O. The van der Waals surface area contributed by atoms with Crippen LogP contribution in [0.3, 0.4) is 0 Å². The van der Waals surface area contributed by atoms with Gasteiger partial charge in [0.25, 0.3) is 0 Å². The minimum absolute atomic E-state index is 0.0187. The molecule has 0 saturated heterocycles. The Balaban J connectivity index is 4.95. The number of hydrogen-bond donors (Lipinski definition) is 2. The van der Waals surface area contributed by atoms with Crippen molar-refractivity contribution in [3.8, 4) is 0 Å². The lowest BCUT2D eigenvalue weighted by Gasteiger charge is -2.34. The monoisotopic (exact) mass is 488 g/mol. The molecule has 0 aliphatic rings. The molecule has 0 aromatic heterocycles. The normalized spacial score (nSPS) is 13.6. The summed E-state index contributed by atoms with van der Waals surface area (Å²) in [6.45, 7) is 18.0. The van der Waals surface area contributed by atoms with Gasteiger partial charge >= 0.3 is 18.0 Å². The highest BCUT2D eigenvalue weighted by Gasteiger charge is 2.38. The van der Waals surface area contributed by atoms with Gasteiger partial charge in [-0.2, -0.15) is 0 Å². The van der Waals surface area contributed by atoms with Crippen LogP contribution in [0.2, 0.25) is 0 Å². The van der Waals surface area contributed by atoms with E-state index < -0.39 is 58.4 Å². The average molecular weight is 489 g/mol. The Kier molecular flexibility index (Phi) is 11.0. The van der Waals surface area contributed by atoms with Gasteiger partial charge in [-0.15, -0.1) is 0 Å². The Morgan fingerprint density at radius 2 is 1.35 bits per heavy atom. The first-order chi connectivity index (χ1) is 15.1. The van der Waals surface area contributed by atoms with Crippen molar-refractivity contribution in [3.63, 3.8) is 0 Å². The van der Waals surface area contributed by atoms with Crippen molar-refractivity contribution in [3.05, 3.63) is 0 Å². The molecular weight excluding hydrogens is 444 g/mol. The van der Waals surface area contributed by atoms with Gasteiger partial charge in [0.1, 0.15) is 17.2 Å². The number of nitrogens with one attached hydrogen (secondary N) is 1. The molecule has 0 bridgehead atoms. The van der Waals surface area contributed by atoms with E-state index in [1.54, 1.807) is 55.4 Å². The molecule has 0 heterocycles. The largest absolute Gasteiger partial charge is 0.480 e. The number of nitrogens with zero attached hydrogens (tertiary/aromatic N) is 1. The van der Waals surface area contributed by atoms with Crippen molar-refractivity contribution in [2.45, 2.75) is 92.9 Å². The van der Waals surface area contributed by atoms with Crippen LogP contribution >= 0.6 is 0 Å². The number of alkyl carbamates (subject to hydrolysis) is 1. The van der Waals surface area contributed by atoms with Gasteiger partial charge in [-0.1, -0.05) is 13.8 Å². The van der Waals surface area contributed by atoms with E-state index in [4.69, 9.17) is 14.2 Å². The Morgan fingerprint density at radius 3 is 1.79 bits per heavy atom. The maximum atomic E-state index is 13.0. The van der Waals surface area contributed by atoms with Crippen molar-refractivity contribution in [2.75, 3.05) is 26.8 Å². The summed E-state index contributed by atoms with van der Waals surface area (Å²) in [5, 5.41) is 12.3. The fourth-order valence-electron chi connectivity index (χ4n) is 2.87. The molecule has 0 saturated carbocycles. The molecule has 0 radical (unpaired) electrons. The number of hydrogen-bond acceptors (Lipinski definition) is 7. The van der Waals surface area contributed by atoms with Gasteiger partial charge < -0.3 is 29.5 Å². The number of carbonyl (C=O) groups excluding carboxylic acids is 3. The highest BCUT2D eigenvalue weighted by atomic mass is 16.6. The molecule has 0 aromatic carbocycles. The first kappa shape index (κ1) is 31.6. The van der Waals surface area contributed by atoms with Gasteiger partial charge in [-0.25, -0.2) is 9.59 Å². The van der Waals surface area contributed by atoms with E-state index in [0.717, 1.165) is 4.90 Å². The number of rotatable bonds is 11. The zero-order chi connectivity index (χ0) is 27.1. The zero-order valence-corrected chi connectivity index (χ0v) is 22.7. The average Bonchev–Trinajstić information content (AvgIpc) is 2.60. The molecular formula is C24H44N2O8. The van der Waals surface area contributed by atoms with Crippen molar-refractivity contribution < 1.29 is 38.5 Å². The summed E-state index contributed by atoms with van der Waals surface area (Å²) < 4.78 is 16.2. The topological polar surface area (TPSA) is 131 Å². The van der Waals surface area contributed by atoms with E-state index in [-0.39, 0.29) is 13.2 Å². The summed E-state index contributed by atoms with van der Waals surface area (Å²) >= 11 is 0. The van der Waals surface area contributed by atoms with Crippen molar-refractivity contribution >= 4 is 23.9 Å². The Morgan fingerprint density at radius 1 is 0.853 bits per heavy atom. The Labute approximate surface area is 203 Å². The molecule has 0 aliphatic carbocycles. The Bertz CT molecular complexity index is 732. The van der Waals surface area contributed by atoms with Crippen LogP contribution < -0.4 is 5.32 Å². The summed E-state index contributed by atoms with van der Waals surface area (Å²) in [5.74, 6) is -2.48. The van der Waals surface area contributed by atoms with Crippen LogP contribution in [0, 0.1) is 10.8 Å². The number of ether oxygens (including phenoxy) is 3. The maximum absolute atomic E-state index is 13.0. The molecule has 34 heavy (non-hydrogen) atoms. The number of carboxylic acids is 1. The van der Waals surface area contributed by atoms with E-state index in [0.29, 0.717) is 6.54 Å². The third-order valence-corrected chi connectivity index (χ3v) is 4.50. The van der Waals surface area contributed by atoms with Crippen molar-refractivity contribution in [2.24, 2.45) is 10.8 Å². The number of carboxylic acid groups (broad SMARTS) is 1. The molecule has 0 unspecified atom stereocenters. The molecule has 198 valence electrons. The summed E-state index contributed by atoms with van der Waals surface area (Å²) in [4.78, 5) is 49.8. The minimum Gasteiger partial charge on any atom is -0.480 e. The predicted molar refractivity (Wildman–Crippen MR) is 127 cm³/mol. The smallest absolute Gasteiger partial charge is 0.407 e. The lowest BCUT2D eigenvalue weighted by Crippen LogP contribution is -2.50.